The molecule has 7 nitrogen and oxygen atoms in total. The summed E-state index contributed by atoms with van der Waals surface area (Å²) in [5, 5.41) is 0. The van der Waals surface area contributed by atoms with Crippen molar-refractivity contribution in [3.05, 3.63) is 77.4 Å². The number of methoxy groups -OCH3 is 2. The van der Waals surface area contributed by atoms with Crippen LogP contribution in [-0.4, -0.2) is 35.6 Å². The highest BCUT2D eigenvalue weighted by Gasteiger charge is 2.22. The van der Waals surface area contributed by atoms with Crippen LogP contribution in [0.1, 0.15) is 21.5 Å². The van der Waals surface area contributed by atoms with E-state index in [9.17, 15) is 13.2 Å². The molecule has 1 amide bonds. The van der Waals surface area contributed by atoms with Gasteiger partial charge >= 0.3 is 0 Å². The molecule has 0 heterocycles. The van der Waals surface area contributed by atoms with Crippen molar-refractivity contribution in [3.63, 3.8) is 0 Å². The van der Waals surface area contributed by atoms with E-state index < -0.39 is 10.0 Å². The van der Waals surface area contributed by atoms with Crippen LogP contribution in [0.4, 0.5) is 11.4 Å². The lowest BCUT2D eigenvalue weighted by atomic mass is 10.1. The molecule has 3 rings (SSSR count). The quantitative estimate of drug-likeness (QED) is 0.572. The maximum Gasteiger partial charge on any atom is 0.261 e. The number of carbonyl (C=O) groups excluding carboxylic acids is 1. The van der Waals surface area contributed by atoms with Crippen LogP contribution >= 0.6 is 0 Å². The summed E-state index contributed by atoms with van der Waals surface area (Å²) in [6.45, 7) is 3.58. The fourth-order valence-electron chi connectivity index (χ4n) is 3.22. The number of benzene rings is 3. The predicted octanol–water partition coefficient (Wildman–Crippen LogP) is 4.40. The van der Waals surface area contributed by atoms with Gasteiger partial charge in [-0.05, 0) is 55.3 Å². The van der Waals surface area contributed by atoms with Gasteiger partial charge in [-0.2, -0.15) is 0 Å². The monoisotopic (exact) mass is 454 g/mol. The highest BCUT2D eigenvalue weighted by Crippen LogP contribution is 2.32. The third-order valence-electron chi connectivity index (χ3n) is 5.20. The van der Waals surface area contributed by atoms with Crippen LogP contribution in [0.25, 0.3) is 0 Å². The Morgan fingerprint density at radius 2 is 1.56 bits per heavy atom. The summed E-state index contributed by atoms with van der Waals surface area (Å²) in [6, 6.07) is 16.7. The fraction of sp³-hybridized carbons (Fsp3) is 0.208. The Morgan fingerprint density at radius 3 is 2.22 bits per heavy atom. The van der Waals surface area contributed by atoms with E-state index >= 15 is 0 Å². The fourth-order valence-corrected chi connectivity index (χ4v) is 4.38. The van der Waals surface area contributed by atoms with Gasteiger partial charge in [-0.3, -0.25) is 9.52 Å². The van der Waals surface area contributed by atoms with Crippen molar-refractivity contribution in [2.45, 2.75) is 18.7 Å². The third kappa shape index (κ3) is 4.70. The van der Waals surface area contributed by atoms with Gasteiger partial charge in [0.1, 0.15) is 0 Å². The first kappa shape index (κ1) is 23.1. The van der Waals surface area contributed by atoms with Crippen LogP contribution in [0, 0.1) is 13.8 Å². The molecule has 0 saturated carbocycles. The number of para-hydroxylation sites is 1. The Kier molecular flexibility index (Phi) is 6.74. The molecule has 0 radical (unpaired) electrons. The molecule has 32 heavy (non-hydrogen) atoms. The van der Waals surface area contributed by atoms with Crippen molar-refractivity contribution < 1.29 is 22.7 Å². The molecule has 168 valence electrons. The zero-order valence-electron chi connectivity index (χ0n) is 18.7. The van der Waals surface area contributed by atoms with Crippen molar-refractivity contribution in [1.29, 1.82) is 0 Å². The molecule has 0 atom stereocenters. The highest BCUT2D eigenvalue weighted by molar-refractivity contribution is 7.92. The van der Waals surface area contributed by atoms with Gasteiger partial charge in [-0.1, -0.05) is 24.3 Å². The Labute approximate surface area is 188 Å². The van der Waals surface area contributed by atoms with E-state index in [-0.39, 0.29) is 16.4 Å². The van der Waals surface area contributed by atoms with Crippen molar-refractivity contribution in [2.24, 2.45) is 0 Å². The third-order valence-corrected chi connectivity index (χ3v) is 6.56. The summed E-state index contributed by atoms with van der Waals surface area (Å²) in [6.07, 6.45) is 0. The van der Waals surface area contributed by atoms with Crippen molar-refractivity contribution in [3.8, 4) is 11.5 Å². The van der Waals surface area contributed by atoms with Crippen LogP contribution in [0.3, 0.4) is 0 Å². The number of anilines is 2. The van der Waals surface area contributed by atoms with Crippen molar-refractivity contribution >= 4 is 27.3 Å². The molecule has 0 spiro atoms. The number of nitrogens with zero attached hydrogens (tertiary/aromatic N) is 1. The largest absolute Gasteiger partial charge is 0.493 e. The highest BCUT2D eigenvalue weighted by atomic mass is 32.2. The molecular weight excluding hydrogens is 428 g/mol. The topological polar surface area (TPSA) is 84.9 Å². The molecule has 3 aromatic carbocycles. The molecule has 0 bridgehead atoms. The lowest BCUT2D eigenvalue weighted by Crippen LogP contribution is -2.27. The molecule has 0 aromatic heterocycles. The number of carbonyl (C=O) groups is 1. The number of ether oxygens (including phenoxy) is 2. The Bertz CT molecular complexity index is 1250. The van der Waals surface area contributed by atoms with Gasteiger partial charge in [0.05, 0.1) is 24.8 Å². The summed E-state index contributed by atoms with van der Waals surface area (Å²) >= 11 is 0. The first-order chi connectivity index (χ1) is 15.2. The average molecular weight is 455 g/mol. The minimum atomic E-state index is -3.88. The number of sulfonamides is 1. The second-order valence-corrected chi connectivity index (χ2v) is 8.98. The number of nitrogens with one attached hydrogen (secondary N) is 1. The van der Waals surface area contributed by atoms with Crippen LogP contribution < -0.4 is 19.1 Å². The van der Waals surface area contributed by atoms with Gasteiger partial charge < -0.3 is 14.4 Å². The molecule has 0 fully saturated rings. The summed E-state index contributed by atoms with van der Waals surface area (Å²) in [4.78, 5) is 14.7. The minimum absolute atomic E-state index is 0.00964. The standard InChI is InChI=1S/C24H26N2O5S/c1-16-10-12-19(32(28,29)25-21-9-7-6-8-17(21)2)15-20(16)24(27)26(3)18-11-13-22(30-4)23(14-18)31-5/h6-15,25H,1-5H3. The molecule has 0 unspecified atom stereocenters. The van der Waals surface area contributed by atoms with E-state index in [2.05, 4.69) is 4.72 Å². The minimum Gasteiger partial charge on any atom is -0.493 e. The molecular formula is C24H26N2O5S. The van der Waals surface area contributed by atoms with E-state index in [4.69, 9.17) is 9.47 Å². The van der Waals surface area contributed by atoms with Crippen LogP contribution in [0.2, 0.25) is 0 Å². The molecule has 3 aromatic rings. The Balaban J connectivity index is 1.94. The normalized spacial score (nSPS) is 11.0. The summed E-state index contributed by atoms with van der Waals surface area (Å²) in [7, 11) is 0.797. The van der Waals surface area contributed by atoms with Crippen LogP contribution in [0.15, 0.2) is 65.6 Å². The summed E-state index contributed by atoms with van der Waals surface area (Å²) < 4.78 is 39.1. The molecule has 0 saturated heterocycles. The van der Waals surface area contributed by atoms with Gasteiger partial charge in [-0.25, -0.2) is 8.42 Å². The van der Waals surface area contributed by atoms with Crippen molar-refractivity contribution in [2.75, 3.05) is 30.9 Å². The first-order valence-corrected chi connectivity index (χ1v) is 11.4. The van der Waals surface area contributed by atoms with E-state index in [0.29, 0.717) is 28.4 Å². The number of aryl methyl sites for hydroxylation is 2. The second-order valence-electron chi connectivity index (χ2n) is 7.30. The molecule has 0 aliphatic rings. The Morgan fingerprint density at radius 1 is 0.875 bits per heavy atom. The van der Waals surface area contributed by atoms with E-state index in [1.165, 1.54) is 31.3 Å². The molecule has 1 N–H and O–H groups in total. The van der Waals surface area contributed by atoms with E-state index in [0.717, 1.165) is 5.56 Å². The van der Waals surface area contributed by atoms with Gasteiger partial charge in [0.15, 0.2) is 11.5 Å². The second kappa shape index (κ2) is 9.32. The number of hydrogen-bond acceptors (Lipinski definition) is 5. The SMILES string of the molecule is COc1ccc(N(C)C(=O)c2cc(S(=O)(=O)Nc3ccccc3C)ccc2C)cc1OC. The van der Waals surface area contributed by atoms with Gasteiger partial charge in [0.2, 0.25) is 0 Å². The van der Waals surface area contributed by atoms with Gasteiger partial charge in [0, 0.05) is 24.4 Å². The molecule has 8 heteroatoms. The predicted molar refractivity (Wildman–Crippen MR) is 125 cm³/mol. The number of hydrogen-bond donors (Lipinski definition) is 1. The van der Waals surface area contributed by atoms with Crippen LogP contribution in [0.5, 0.6) is 11.5 Å². The first-order valence-electron chi connectivity index (χ1n) is 9.87. The maximum absolute atomic E-state index is 13.3. The van der Waals surface area contributed by atoms with Gasteiger partial charge in [-0.15, -0.1) is 0 Å². The summed E-state index contributed by atoms with van der Waals surface area (Å²) in [5.74, 6) is 0.687. The lowest BCUT2D eigenvalue weighted by Gasteiger charge is -2.20. The van der Waals surface area contributed by atoms with Gasteiger partial charge in [0.25, 0.3) is 15.9 Å². The molecule has 0 aliphatic heterocycles. The molecule has 0 aliphatic carbocycles. The zero-order chi connectivity index (χ0) is 23.5. The number of amides is 1. The van der Waals surface area contributed by atoms with E-state index in [1.807, 2.05) is 19.1 Å². The van der Waals surface area contributed by atoms with Crippen molar-refractivity contribution in [1.82, 2.24) is 0 Å². The number of rotatable bonds is 7. The lowest BCUT2D eigenvalue weighted by molar-refractivity contribution is 0.0992. The average Bonchev–Trinajstić information content (AvgIpc) is 2.79. The zero-order valence-corrected chi connectivity index (χ0v) is 19.5. The van der Waals surface area contributed by atoms with E-state index in [1.54, 1.807) is 50.4 Å². The Hall–Kier alpha value is -3.52. The van der Waals surface area contributed by atoms with Crippen LogP contribution in [-0.2, 0) is 10.0 Å². The summed E-state index contributed by atoms with van der Waals surface area (Å²) in [5.41, 5.74) is 2.82. The smallest absolute Gasteiger partial charge is 0.261 e. The maximum atomic E-state index is 13.3.